The standard InChI is InChI=1S/C7H5F.C2H4O2/c8-4-6-2-1-5-3-7(5)6;1-2(3)4/h1-3H,4H2;1H3,(H,3,4). The van der Waals surface area contributed by atoms with Crippen molar-refractivity contribution in [1.29, 1.82) is 0 Å². The van der Waals surface area contributed by atoms with Crippen LogP contribution in [-0.4, -0.2) is 11.1 Å². The van der Waals surface area contributed by atoms with Crippen molar-refractivity contribution in [3.63, 3.8) is 0 Å². The van der Waals surface area contributed by atoms with Crippen LogP contribution in [0.3, 0.4) is 0 Å². The minimum atomic E-state index is -0.833. The fourth-order valence-corrected chi connectivity index (χ4v) is 0.932. The first-order chi connectivity index (χ1) is 5.65. The van der Waals surface area contributed by atoms with Crippen LogP contribution in [0.15, 0.2) is 18.2 Å². The molecule has 2 aliphatic carbocycles. The van der Waals surface area contributed by atoms with Gasteiger partial charge in [-0.1, -0.05) is 12.1 Å². The minimum absolute atomic E-state index is 0.314. The van der Waals surface area contributed by atoms with Crippen LogP contribution in [-0.2, 0) is 11.5 Å². The molecule has 2 nitrogen and oxygen atoms in total. The van der Waals surface area contributed by atoms with Crippen LogP contribution in [0.25, 0.3) is 11.1 Å². The zero-order valence-electron chi connectivity index (χ0n) is 6.67. The second-order valence-corrected chi connectivity index (χ2v) is 2.52. The van der Waals surface area contributed by atoms with Crippen molar-refractivity contribution >= 4 is 5.97 Å². The van der Waals surface area contributed by atoms with E-state index in [0.29, 0.717) is 0 Å². The Morgan fingerprint density at radius 3 is 2.33 bits per heavy atom. The zero-order valence-corrected chi connectivity index (χ0v) is 6.67. The van der Waals surface area contributed by atoms with Crippen LogP contribution in [0.1, 0.15) is 12.5 Å². The molecule has 0 amide bonds. The highest BCUT2D eigenvalue weighted by atomic mass is 19.1. The minimum Gasteiger partial charge on any atom is -0.481 e. The predicted molar refractivity (Wildman–Crippen MR) is 43.6 cm³/mol. The molecule has 0 saturated carbocycles. The first-order valence-corrected chi connectivity index (χ1v) is 3.54. The Balaban J connectivity index is 0.000000157. The highest BCUT2D eigenvalue weighted by Gasteiger charge is 2.15. The van der Waals surface area contributed by atoms with Crippen molar-refractivity contribution in [2.45, 2.75) is 13.6 Å². The van der Waals surface area contributed by atoms with E-state index in [0.717, 1.165) is 18.1 Å². The molecule has 12 heavy (non-hydrogen) atoms. The summed E-state index contributed by atoms with van der Waals surface area (Å²) < 4.78 is 11.8. The Labute approximate surface area is 69.6 Å². The maximum Gasteiger partial charge on any atom is 0.300 e. The van der Waals surface area contributed by atoms with Crippen molar-refractivity contribution in [1.82, 2.24) is 0 Å². The number of alkyl halides is 1. The molecule has 2 rings (SSSR count). The first kappa shape index (κ1) is 8.71. The Morgan fingerprint density at radius 2 is 2.17 bits per heavy atom. The van der Waals surface area contributed by atoms with Gasteiger partial charge in [0.25, 0.3) is 5.97 Å². The molecule has 0 fully saturated rings. The topological polar surface area (TPSA) is 37.3 Å². The first-order valence-electron chi connectivity index (χ1n) is 3.54. The summed E-state index contributed by atoms with van der Waals surface area (Å²) in [4.78, 5) is 9.00. The van der Waals surface area contributed by atoms with Gasteiger partial charge in [-0.05, 0) is 22.8 Å². The molecule has 0 aromatic heterocycles. The van der Waals surface area contributed by atoms with Gasteiger partial charge in [0, 0.05) is 6.92 Å². The molecular weight excluding hydrogens is 159 g/mol. The lowest BCUT2D eigenvalue weighted by Crippen LogP contribution is -1.78. The highest BCUT2D eigenvalue weighted by molar-refractivity contribution is 5.84. The molecule has 64 valence electrons. The third kappa shape index (κ3) is 2.05. The number of carbonyl (C=O) groups is 1. The van der Waals surface area contributed by atoms with E-state index in [1.165, 1.54) is 5.56 Å². The number of carboxylic acids is 1. The van der Waals surface area contributed by atoms with Crippen molar-refractivity contribution in [2.24, 2.45) is 0 Å². The van der Waals surface area contributed by atoms with Gasteiger partial charge >= 0.3 is 0 Å². The van der Waals surface area contributed by atoms with Crippen molar-refractivity contribution in [2.75, 3.05) is 0 Å². The fraction of sp³-hybridized carbons (Fsp3) is 0.222. The van der Waals surface area contributed by atoms with Gasteiger partial charge in [0.15, 0.2) is 0 Å². The number of aliphatic carboxylic acids is 1. The van der Waals surface area contributed by atoms with E-state index in [2.05, 4.69) is 0 Å². The summed E-state index contributed by atoms with van der Waals surface area (Å²) in [6, 6.07) is 5.78. The maximum atomic E-state index is 11.8. The van der Waals surface area contributed by atoms with Crippen LogP contribution in [0.4, 0.5) is 4.39 Å². The summed E-state index contributed by atoms with van der Waals surface area (Å²) in [6.45, 7) is 0.770. The van der Waals surface area contributed by atoms with E-state index >= 15 is 0 Å². The molecule has 0 spiro atoms. The molecule has 0 aromatic carbocycles. The summed E-state index contributed by atoms with van der Waals surface area (Å²) in [5, 5.41) is 7.42. The fourth-order valence-electron chi connectivity index (χ4n) is 0.932. The van der Waals surface area contributed by atoms with E-state index in [4.69, 9.17) is 9.90 Å². The normalized spacial score (nSPS) is 9.83. The third-order valence-electron chi connectivity index (χ3n) is 1.48. The van der Waals surface area contributed by atoms with Crippen LogP contribution in [0.5, 0.6) is 0 Å². The second-order valence-electron chi connectivity index (χ2n) is 2.52. The summed E-state index contributed by atoms with van der Waals surface area (Å²) in [6.07, 6.45) is 0. The lowest BCUT2D eigenvalue weighted by Gasteiger charge is -1.79. The lowest BCUT2D eigenvalue weighted by atomic mass is 10.3. The van der Waals surface area contributed by atoms with Crippen molar-refractivity contribution < 1.29 is 14.3 Å². The molecular formula is C9H9FO2. The van der Waals surface area contributed by atoms with E-state index < -0.39 is 5.97 Å². The summed E-state index contributed by atoms with van der Waals surface area (Å²) >= 11 is 0. The largest absolute Gasteiger partial charge is 0.481 e. The molecule has 3 heteroatoms. The lowest BCUT2D eigenvalue weighted by molar-refractivity contribution is -0.134. The molecule has 0 aromatic rings. The summed E-state index contributed by atoms with van der Waals surface area (Å²) in [5.41, 5.74) is 3.20. The number of hydrogen-bond acceptors (Lipinski definition) is 1. The maximum absolute atomic E-state index is 11.8. The molecule has 0 saturated heterocycles. The quantitative estimate of drug-likeness (QED) is 0.708. The van der Waals surface area contributed by atoms with E-state index in [1.54, 1.807) is 0 Å². The van der Waals surface area contributed by atoms with Gasteiger partial charge in [-0.15, -0.1) is 0 Å². The molecule has 0 radical (unpaired) electrons. The van der Waals surface area contributed by atoms with Crippen LogP contribution in [0, 0.1) is 0 Å². The number of rotatable bonds is 1. The number of benzene rings is 1. The molecule has 0 aliphatic heterocycles. The van der Waals surface area contributed by atoms with Crippen LogP contribution >= 0.6 is 0 Å². The van der Waals surface area contributed by atoms with Gasteiger partial charge in [0.2, 0.25) is 0 Å². The molecule has 0 bridgehead atoms. The van der Waals surface area contributed by atoms with Crippen LogP contribution in [0.2, 0.25) is 0 Å². The van der Waals surface area contributed by atoms with Crippen molar-refractivity contribution in [3.05, 3.63) is 23.8 Å². The molecule has 1 N–H and O–H groups in total. The second kappa shape index (κ2) is 3.34. The van der Waals surface area contributed by atoms with Gasteiger partial charge in [-0.25, -0.2) is 4.39 Å². The molecule has 0 heterocycles. The monoisotopic (exact) mass is 168 g/mol. The van der Waals surface area contributed by atoms with Gasteiger partial charge in [0.1, 0.15) is 6.67 Å². The number of carboxylic acid groups (broad SMARTS) is 1. The van der Waals surface area contributed by atoms with Gasteiger partial charge in [0.05, 0.1) is 0 Å². The zero-order chi connectivity index (χ0) is 9.14. The Kier molecular flexibility index (Phi) is 2.43. The van der Waals surface area contributed by atoms with Crippen LogP contribution < -0.4 is 0 Å². The summed E-state index contributed by atoms with van der Waals surface area (Å²) in [5.74, 6) is -0.833. The number of halogens is 1. The van der Waals surface area contributed by atoms with Gasteiger partial charge < -0.3 is 5.11 Å². The van der Waals surface area contributed by atoms with Gasteiger partial charge in [-0.2, -0.15) is 0 Å². The Hall–Kier alpha value is -1.38. The average molecular weight is 168 g/mol. The molecule has 0 unspecified atom stereocenters. The Morgan fingerprint density at radius 1 is 1.58 bits per heavy atom. The molecule has 2 aliphatic rings. The highest BCUT2D eigenvalue weighted by Crippen LogP contribution is 2.38. The van der Waals surface area contributed by atoms with E-state index in [1.807, 2.05) is 18.2 Å². The molecule has 0 atom stereocenters. The third-order valence-corrected chi connectivity index (χ3v) is 1.48. The number of fused-ring (bicyclic) bond motifs is 1. The van der Waals surface area contributed by atoms with E-state index in [-0.39, 0.29) is 6.67 Å². The SMILES string of the molecule is CC(=O)O.FCc1ccc2cc1-2. The number of hydrogen-bond donors (Lipinski definition) is 1. The summed E-state index contributed by atoms with van der Waals surface area (Å²) in [7, 11) is 0. The average Bonchev–Trinajstić information content (AvgIpc) is 2.63. The van der Waals surface area contributed by atoms with E-state index in [9.17, 15) is 4.39 Å². The predicted octanol–water partition coefficient (Wildman–Crippen LogP) is 2.23. The smallest absolute Gasteiger partial charge is 0.300 e. The Bertz CT molecular complexity index is 303. The van der Waals surface area contributed by atoms with Crippen molar-refractivity contribution in [3.8, 4) is 11.1 Å². The van der Waals surface area contributed by atoms with Gasteiger partial charge in [-0.3, -0.25) is 4.79 Å².